The highest BCUT2D eigenvalue weighted by molar-refractivity contribution is 7.55. The Morgan fingerprint density at radius 1 is 1.23 bits per heavy atom. The van der Waals surface area contributed by atoms with Crippen LogP contribution in [0.5, 0.6) is 5.75 Å². The van der Waals surface area contributed by atoms with E-state index in [1.807, 2.05) is 24.3 Å². The molecule has 1 saturated heterocycles. The van der Waals surface area contributed by atoms with Gasteiger partial charge in [-0.2, -0.15) is 0 Å². The lowest BCUT2D eigenvalue weighted by Crippen LogP contribution is -2.27. The van der Waals surface area contributed by atoms with E-state index in [4.69, 9.17) is 13.8 Å². The number of para-hydroxylation sites is 1. The number of amides is 1. The van der Waals surface area contributed by atoms with Crippen LogP contribution in [0.25, 0.3) is 0 Å². The molecule has 1 N–H and O–H groups in total. The number of nitrogens with one attached hydrogen (secondary N) is 1. The summed E-state index contributed by atoms with van der Waals surface area (Å²) in [5.41, 5.74) is -0.0309. The van der Waals surface area contributed by atoms with Crippen LogP contribution in [-0.4, -0.2) is 38.4 Å². The van der Waals surface area contributed by atoms with Crippen molar-refractivity contribution < 1.29 is 23.1 Å². The SMILES string of the molecule is CCOP(=O)(OCC)C1C(=O)NCC1c1ccccc1OC. The molecular formula is C15H22NO5P. The maximum absolute atomic E-state index is 13.1. The zero-order valence-corrected chi connectivity index (χ0v) is 14.0. The number of hydrogen-bond acceptors (Lipinski definition) is 5. The van der Waals surface area contributed by atoms with Crippen LogP contribution in [0, 0.1) is 0 Å². The van der Waals surface area contributed by atoms with Gasteiger partial charge in [-0.05, 0) is 19.9 Å². The number of benzene rings is 1. The Kier molecular flexibility index (Phi) is 5.62. The van der Waals surface area contributed by atoms with Crippen molar-refractivity contribution in [3.05, 3.63) is 29.8 Å². The Balaban J connectivity index is 2.43. The third kappa shape index (κ3) is 3.19. The second kappa shape index (κ2) is 7.27. The fourth-order valence-corrected chi connectivity index (χ4v) is 4.98. The van der Waals surface area contributed by atoms with E-state index >= 15 is 0 Å². The molecule has 1 fully saturated rings. The summed E-state index contributed by atoms with van der Waals surface area (Å²) in [4.78, 5) is 12.3. The molecule has 0 aromatic heterocycles. The molecule has 2 rings (SSSR count). The van der Waals surface area contributed by atoms with Gasteiger partial charge in [-0.15, -0.1) is 0 Å². The van der Waals surface area contributed by atoms with Crippen LogP contribution in [0.3, 0.4) is 0 Å². The first kappa shape index (κ1) is 17.0. The number of rotatable bonds is 7. The first-order valence-electron chi connectivity index (χ1n) is 7.36. The third-order valence-electron chi connectivity index (χ3n) is 3.64. The molecule has 1 aromatic carbocycles. The molecule has 0 aliphatic carbocycles. The summed E-state index contributed by atoms with van der Waals surface area (Å²) in [5.74, 6) is 0.0438. The van der Waals surface area contributed by atoms with Crippen LogP contribution in [0.1, 0.15) is 25.3 Å². The molecule has 1 heterocycles. The minimum Gasteiger partial charge on any atom is -0.496 e. The largest absolute Gasteiger partial charge is 0.496 e. The Morgan fingerprint density at radius 2 is 1.86 bits per heavy atom. The maximum Gasteiger partial charge on any atom is 0.343 e. The van der Waals surface area contributed by atoms with Crippen LogP contribution in [0.15, 0.2) is 24.3 Å². The molecule has 0 spiro atoms. The van der Waals surface area contributed by atoms with Crippen LogP contribution < -0.4 is 10.1 Å². The molecule has 7 heteroatoms. The molecule has 0 radical (unpaired) electrons. The minimum atomic E-state index is -3.54. The summed E-state index contributed by atoms with van der Waals surface area (Å²) in [5, 5.41) is 2.77. The summed E-state index contributed by atoms with van der Waals surface area (Å²) in [6.45, 7) is 4.29. The number of carbonyl (C=O) groups is 1. The van der Waals surface area contributed by atoms with E-state index in [-0.39, 0.29) is 25.0 Å². The molecule has 2 unspecified atom stereocenters. The molecule has 0 bridgehead atoms. The molecule has 1 amide bonds. The van der Waals surface area contributed by atoms with Crippen molar-refractivity contribution in [2.45, 2.75) is 25.4 Å². The molecule has 22 heavy (non-hydrogen) atoms. The van der Waals surface area contributed by atoms with Crippen LogP contribution in [0.2, 0.25) is 0 Å². The minimum absolute atomic E-state index is 0.222. The van der Waals surface area contributed by atoms with Gasteiger partial charge in [0, 0.05) is 18.0 Å². The van der Waals surface area contributed by atoms with Crippen LogP contribution >= 0.6 is 7.60 Å². The molecule has 1 aromatic rings. The van der Waals surface area contributed by atoms with Crippen molar-refractivity contribution in [3.8, 4) is 5.75 Å². The van der Waals surface area contributed by atoms with Crippen molar-refractivity contribution in [1.82, 2.24) is 5.32 Å². The van der Waals surface area contributed by atoms with Gasteiger partial charge in [0.25, 0.3) is 0 Å². The second-order valence-electron chi connectivity index (χ2n) is 4.91. The first-order valence-corrected chi connectivity index (χ1v) is 8.98. The monoisotopic (exact) mass is 327 g/mol. The van der Waals surface area contributed by atoms with E-state index < -0.39 is 13.3 Å². The molecule has 6 nitrogen and oxygen atoms in total. The summed E-state index contributed by atoms with van der Waals surface area (Å²) in [7, 11) is -1.97. The molecule has 1 aliphatic rings. The number of ether oxygens (including phenoxy) is 1. The predicted molar refractivity (Wildman–Crippen MR) is 83.4 cm³/mol. The molecule has 2 atom stereocenters. The lowest BCUT2D eigenvalue weighted by molar-refractivity contribution is -0.119. The number of methoxy groups -OCH3 is 1. The average Bonchev–Trinajstić information content (AvgIpc) is 2.90. The predicted octanol–water partition coefficient (Wildman–Crippen LogP) is 2.54. The van der Waals surface area contributed by atoms with Crippen molar-refractivity contribution in [3.63, 3.8) is 0 Å². The van der Waals surface area contributed by atoms with Crippen LogP contribution in [0.4, 0.5) is 0 Å². The second-order valence-corrected chi connectivity index (χ2v) is 7.07. The van der Waals surface area contributed by atoms with Gasteiger partial charge in [0.1, 0.15) is 11.4 Å². The zero-order valence-electron chi connectivity index (χ0n) is 13.1. The number of carbonyl (C=O) groups excluding carboxylic acids is 1. The van der Waals surface area contributed by atoms with Crippen LogP contribution in [-0.2, 0) is 18.4 Å². The summed E-state index contributed by atoms with van der Waals surface area (Å²) >= 11 is 0. The van der Waals surface area contributed by atoms with Gasteiger partial charge in [-0.25, -0.2) is 0 Å². The molecular weight excluding hydrogens is 305 g/mol. The van der Waals surface area contributed by atoms with E-state index in [0.29, 0.717) is 12.3 Å². The highest BCUT2D eigenvalue weighted by Gasteiger charge is 2.51. The van der Waals surface area contributed by atoms with Gasteiger partial charge in [-0.3, -0.25) is 9.36 Å². The number of hydrogen-bond donors (Lipinski definition) is 1. The van der Waals surface area contributed by atoms with Gasteiger partial charge in [-0.1, -0.05) is 18.2 Å². The van der Waals surface area contributed by atoms with E-state index in [2.05, 4.69) is 5.32 Å². The highest BCUT2D eigenvalue weighted by atomic mass is 31.2. The third-order valence-corrected chi connectivity index (χ3v) is 6.16. The van der Waals surface area contributed by atoms with Crippen molar-refractivity contribution >= 4 is 13.5 Å². The molecule has 0 saturated carbocycles. The highest BCUT2D eigenvalue weighted by Crippen LogP contribution is 2.59. The lowest BCUT2D eigenvalue weighted by Gasteiger charge is -2.26. The van der Waals surface area contributed by atoms with Crippen molar-refractivity contribution in [1.29, 1.82) is 0 Å². The van der Waals surface area contributed by atoms with Gasteiger partial charge in [0.2, 0.25) is 5.91 Å². The molecule has 1 aliphatic heterocycles. The van der Waals surface area contributed by atoms with E-state index in [9.17, 15) is 9.36 Å². The summed E-state index contributed by atoms with van der Waals surface area (Å²) in [6, 6.07) is 7.41. The molecule has 122 valence electrons. The maximum atomic E-state index is 13.1. The topological polar surface area (TPSA) is 73.9 Å². The van der Waals surface area contributed by atoms with E-state index in [0.717, 1.165) is 5.56 Å². The Morgan fingerprint density at radius 3 is 2.45 bits per heavy atom. The lowest BCUT2D eigenvalue weighted by atomic mass is 9.97. The fraction of sp³-hybridized carbons (Fsp3) is 0.533. The van der Waals surface area contributed by atoms with Gasteiger partial charge in [0.15, 0.2) is 0 Å². The summed E-state index contributed by atoms with van der Waals surface area (Å²) in [6.07, 6.45) is 0. The standard InChI is InChI=1S/C15H22NO5P/c1-4-20-22(18,21-5-2)14-12(10-16-15(14)17)11-8-6-7-9-13(11)19-3/h6-9,12,14H,4-5,10H2,1-3H3,(H,16,17). The van der Waals surface area contributed by atoms with Crippen molar-refractivity contribution in [2.24, 2.45) is 0 Å². The van der Waals surface area contributed by atoms with Gasteiger partial charge in [0.05, 0.1) is 20.3 Å². The fourth-order valence-electron chi connectivity index (χ4n) is 2.78. The van der Waals surface area contributed by atoms with E-state index in [1.165, 1.54) is 0 Å². The van der Waals surface area contributed by atoms with E-state index in [1.54, 1.807) is 21.0 Å². The smallest absolute Gasteiger partial charge is 0.343 e. The first-order chi connectivity index (χ1) is 10.6. The Bertz CT molecular complexity index is 567. The van der Waals surface area contributed by atoms with Gasteiger partial charge < -0.3 is 19.1 Å². The van der Waals surface area contributed by atoms with Gasteiger partial charge >= 0.3 is 7.60 Å². The normalized spacial score (nSPS) is 21.7. The average molecular weight is 327 g/mol. The van der Waals surface area contributed by atoms with Crippen molar-refractivity contribution in [2.75, 3.05) is 26.9 Å². The Hall–Kier alpha value is -1.36. The zero-order chi connectivity index (χ0) is 16.2. The quantitative estimate of drug-likeness (QED) is 0.779. The Labute approximate surface area is 130 Å². The summed E-state index contributed by atoms with van der Waals surface area (Å²) < 4.78 is 29.2.